The minimum absolute atomic E-state index is 0.0900. The second-order valence-corrected chi connectivity index (χ2v) is 4.94. The number of para-hydroxylation sites is 1. The van der Waals surface area contributed by atoms with E-state index in [0.29, 0.717) is 5.75 Å². The molecule has 1 unspecified atom stereocenters. The van der Waals surface area contributed by atoms with Crippen LogP contribution in [0.5, 0.6) is 5.75 Å². The van der Waals surface area contributed by atoms with Crippen LogP contribution in [0.4, 0.5) is 0 Å². The highest BCUT2D eigenvalue weighted by molar-refractivity contribution is 5.81. The van der Waals surface area contributed by atoms with Crippen LogP contribution < -0.4 is 4.74 Å². The molecule has 0 aliphatic heterocycles. The zero-order valence-electron chi connectivity index (χ0n) is 11.4. The third kappa shape index (κ3) is 3.47. The maximum Gasteiger partial charge on any atom is 0.263 e. The lowest BCUT2D eigenvalue weighted by molar-refractivity contribution is -0.142. The van der Waals surface area contributed by atoms with Gasteiger partial charge in [0.1, 0.15) is 5.75 Å². The van der Waals surface area contributed by atoms with Crippen LogP contribution in [-0.2, 0) is 4.79 Å². The molecule has 1 aromatic rings. The average Bonchev–Trinajstić information content (AvgIpc) is 2.38. The van der Waals surface area contributed by atoms with Gasteiger partial charge in [-0.1, -0.05) is 18.2 Å². The first kappa shape index (κ1) is 14.5. The zero-order valence-corrected chi connectivity index (χ0v) is 11.4. The topological polar surface area (TPSA) is 49.8 Å². The number of benzene rings is 1. The van der Waals surface area contributed by atoms with E-state index in [0.717, 1.165) is 0 Å². The van der Waals surface area contributed by atoms with Gasteiger partial charge in [-0.3, -0.25) is 4.79 Å². The molecule has 0 aliphatic rings. The molecule has 0 radical (unpaired) electrons. The second kappa shape index (κ2) is 5.87. The summed E-state index contributed by atoms with van der Waals surface area (Å²) < 4.78 is 5.56. The lowest BCUT2D eigenvalue weighted by Gasteiger charge is -2.35. The molecular formula is C14H21NO3. The molecule has 0 heterocycles. The van der Waals surface area contributed by atoms with Crippen molar-refractivity contribution in [2.45, 2.75) is 32.4 Å². The normalized spacial score (nSPS) is 12.9. The molecule has 1 N–H and O–H groups in total. The van der Waals surface area contributed by atoms with Crippen LogP contribution in [0.3, 0.4) is 0 Å². The van der Waals surface area contributed by atoms with E-state index in [-0.39, 0.29) is 12.5 Å². The molecular weight excluding hydrogens is 230 g/mol. The molecule has 0 spiro atoms. The van der Waals surface area contributed by atoms with Crippen molar-refractivity contribution in [3.63, 3.8) is 0 Å². The highest BCUT2D eigenvalue weighted by atomic mass is 16.5. The predicted octanol–water partition coefficient (Wildman–Crippen LogP) is 1.68. The Labute approximate surface area is 108 Å². The fourth-order valence-corrected chi connectivity index (χ4v) is 1.43. The summed E-state index contributed by atoms with van der Waals surface area (Å²) in [5.41, 5.74) is -0.592. The Bertz CT molecular complexity index is 389. The van der Waals surface area contributed by atoms with E-state index >= 15 is 0 Å². The summed E-state index contributed by atoms with van der Waals surface area (Å²) in [7, 11) is 1.67. The molecule has 1 atom stereocenters. The van der Waals surface area contributed by atoms with E-state index in [4.69, 9.17) is 4.74 Å². The number of aliphatic hydroxyl groups is 1. The van der Waals surface area contributed by atoms with Gasteiger partial charge in [-0.25, -0.2) is 0 Å². The Hall–Kier alpha value is -1.55. The summed E-state index contributed by atoms with van der Waals surface area (Å²) in [6.07, 6.45) is -0.580. The van der Waals surface area contributed by atoms with Gasteiger partial charge in [-0.15, -0.1) is 0 Å². The Morgan fingerprint density at radius 2 is 1.94 bits per heavy atom. The number of hydrogen-bond donors (Lipinski definition) is 1. The highest BCUT2D eigenvalue weighted by Gasteiger charge is 2.30. The average molecular weight is 251 g/mol. The van der Waals surface area contributed by atoms with Crippen LogP contribution >= 0.6 is 0 Å². The van der Waals surface area contributed by atoms with E-state index in [1.165, 1.54) is 4.90 Å². The van der Waals surface area contributed by atoms with Gasteiger partial charge in [0.15, 0.2) is 6.10 Å². The number of hydrogen-bond acceptors (Lipinski definition) is 3. The van der Waals surface area contributed by atoms with Gasteiger partial charge in [-0.2, -0.15) is 0 Å². The molecule has 0 saturated heterocycles. The predicted molar refractivity (Wildman–Crippen MR) is 70.5 cm³/mol. The number of ether oxygens (including phenoxy) is 1. The van der Waals surface area contributed by atoms with Crippen LogP contribution in [0.1, 0.15) is 20.8 Å². The molecule has 1 rings (SSSR count). The lowest BCUT2D eigenvalue weighted by atomic mass is 10.0. The third-order valence-corrected chi connectivity index (χ3v) is 3.03. The summed E-state index contributed by atoms with van der Waals surface area (Å²) in [6, 6.07) is 9.21. The maximum atomic E-state index is 12.1. The standard InChI is InChI=1S/C14H21NO3/c1-11(18-12-8-6-5-7-9-12)13(17)15(4)14(2,3)10-16/h5-9,11,16H,10H2,1-4H3. The first-order valence-electron chi connectivity index (χ1n) is 5.98. The van der Waals surface area contributed by atoms with E-state index in [9.17, 15) is 9.90 Å². The fourth-order valence-electron chi connectivity index (χ4n) is 1.43. The molecule has 18 heavy (non-hydrogen) atoms. The van der Waals surface area contributed by atoms with Crippen LogP contribution in [0.15, 0.2) is 30.3 Å². The summed E-state index contributed by atoms with van der Waals surface area (Å²) in [5.74, 6) is 0.506. The monoisotopic (exact) mass is 251 g/mol. The molecule has 0 aliphatic carbocycles. The molecule has 4 nitrogen and oxygen atoms in total. The smallest absolute Gasteiger partial charge is 0.263 e. The molecule has 1 aromatic carbocycles. The van der Waals surface area contributed by atoms with E-state index in [2.05, 4.69) is 0 Å². The van der Waals surface area contributed by atoms with Gasteiger partial charge in [0.25, 0.3) is 5.91 Å². The van der Waals surface area contributed by atoms with Gasteiger partial charge in [0.2, 0.25) is 0 Å². The van der Waals surface area contributed by atoms with Crippen LogP contribution in [0.25, 0.3) is 0 Å². The second-order valence-electron chi connectivity index (χ2n) is 4.94. The minimum atomic E-state index is -0.592. The SMILES string of the molecule is CC(Oc1ccccc1)C(=O)N(C)C(C)(C)CO. The van der Waals surface area contributed by atoms with Crippen molar-refractivity contribution in [3.05, 3.63) is 30.3 Å². The molecule has 0 bridgehead atoms. The molecule has 1 amide bonds. The Kier molecular flexibility index (Phi) is 4.73. The number of rotatable bonds is 5. The van der Waals surface area contributed by atoms with E-state index < -0.39 is 11.6 Å². The van der Waals surface area contributed by atoms with Crippen molar-refractivity contribution >= 4 is 5.91 Å². The fraction of sp³-hybridized carbons (Fsp3) is 0.500. The molecule has 0 fully saturated rings. The lowest BCUT2D eigenvalue weighted by Crippen LogP contribution is -2.51. The molecule has 0 aromatic heterocycles. The van der Waals surface area contributed by atoms with Crippen LogP contribution in [0.2, 0.25) is 0 Å². The van der Waals surface area contributed by atoms with E-state index in [1.54, 1.807) is 40.0 Å². The zero-order chi connectivity index (χ0) is 13.8. The number of nitrogens with zero attached hydrogens (tertiary/aromatic N) is 1. The number of carbonyl (C=O) groups is 1. The number of carbonyl (C=O) groups excluding carboxylic acids is 1. The highest BCUT2D eigenvalue weighted by Crippen LogP contribution is 2.16. The van der Waals surface area contributed by atoms with Gasteiger partial charge in [-0.05, 0) is 32.9 Å². The van der Waals surface area contributed by atoms with Crippen molar-refractivity contribution in [1.29, 1.82) is 0 Å². The van der Waals surface area contributed by atoms with Crippen molar-refractivity contribution in [2.24, 2.45) is 0 Å². The minimum Gasteiger partial charge on any atom is -0.481 e. The first-order valence-corrected chi connectivity index (χ1v) is 5.98. The van der Waals surface area contributed by atoms with Gasteiger partial charge < -0.3 is 14.7 Å². The van der Waals surface area contributed by atoms with Crippen molar-refractivity contribution in [3.8, 4) is 5.75 Å². The van der Waals surface area contributed by atoms with E-state index in [1.807, 2.05) is 18.2 Å². The van der Waals surface area contributed by atoms with Crippen molar-refractivity contribution < 1.29 is 14.6 Å². The summed E-state index contributed by atoms with van der Waals surface area (Å²) >= 11 is 0. The van der Waals surface area contributed by atoms with Gasteiger partial charge >= 0.3 is 0 Å². The van der Waals surface area contributed by atoms with Gasteiger partial charge in [0, 0.05) is 7.05 Å². The Morgan fingerprint density at radius 1 is 1.39 bits per heavy atom. The molecule has 4 heteroatoms. The largest absolute Gasteiger partial charge is 0.481 e. The first-order chi connectivity index (χ1) is 8.38. The summed E-state index contributed by atoms with van der Waals surface area (Å²) in [6.45, 7) is 5.23. The summed E-state index contributed by atoms with van der Waals surface area (Å²) in [4.78, 5) is 13.7. The third-order valence-electron chi connectivity index (χ3n) is 3.03. The Balaban J connectivity index is 2.67. The van der Waals surface area contributed by atoms with Crippen molar-refractivity contribution in [2.75, 3.05) is 13.7 Å². The quantitative estimate of drug-likeness (QED) is 0.866. The van der Waals surface area contributed by atoms with Gasteiger partial charge in [0.05, 0.1) is 12.1 Å². The van der Waals surface area contributed by atoms with Crippen molar-refractivity contribution in [1.82, 2.24) is 4.90 Å². The number of likely N-dealkylation sites (N-methyl/N-ethyl adjacent to an activating group) is 1. The Morgan fingerprint density at radius 3 is 2.44 bits per heavy atom. The maximum absolute atomic E-state index is 12.1. The number of aliphatic hydroxyl groups excluding tert-OH is 1. The summed E-state index contributed by atoms with van der Waals surface area (Å²) in [5, 5.41) is 9.25. The number of amides is 1. The van der Waals surface area contributed by atoms with Crippen LogP contribution in [-0.4, -0.2) is 41.2 Å². The molecule has 0 saturated carbocycles. The van der Waals surface area contributed by atoms with Crippen LogP contribution in [0, 0.1) is 0 Å². The molecule has 100 valence electrons.